The summed E-state index contributed by atoms with van der Waals surface area (Å²) in [7, 11) is 0. The number of imide groups is 1. The van der Waals surface area contributed by atoms with Gasteiger partial charge < -0.3 is 9.64 Å². The molecule has 1 saturated heterocycles. The molecule has 2 aromatic rings. The van der Waals surface area contributed by atoms with Crippen LogP contribution in [0.4, 0.5) is 10.1 Å². The highest BCUT2D eigenvalue weighted by atomic mass is 19.1. The molecule has 0 spiro atoms. The molecule has 2 aliphatic rings. The van der Waals surface area contributed by atoms with Gasteiger partial charge >= 0.3 is 0 Å². The van der Waals surface area contributed by atoms with Gasteiger partial charge in [0.15, 0.2) is 0 Å². The van der Waals surface area contributed by atoms with E-state index in [4.69, 9.17) is 4.74 Å². The SMILES string of the molecule is O=C1C(c2ccc([N+](=O)[O-])cc2)=C(N2CCOCC2)C(=O)N1CCc1ccc(F)cc1. The van der Waals surface area contributed by atoms with Crippen LogP contribution in [0.3, 0.4) is 0 Å². The van der Waals surface area contributed by atoms with Crippen LogP contribution in [-0.4, -0.2) is 59.4 Å². The Morgan fingerprint density at radius 3 is 2.23 bits per heavy atom. The first-order valence-electron chi connectivity index (χ1n) is 9.88. The molecule has 2 heterocycles. The van der Waals surface area contributed by atoms with Crippen LogP contribution in [0.25, 0.3) is 5.57 Å². The Balaban J connectivity index is 1.64. The summed E-state index contributed by atoms with van der Waals surface area (Å²) in [6, 6.07) is 11.5. The molecule has 2 aromatic carbocycles. The number of nitrogens with zero attached hydrogens (tertiary/aromatic N) is 3. The predicted molar refractivity (Wildman–Crippen MR) is 109 cm³/mol. The van der Waals surface area contributed by atoms with Crippen molar-refractivity contribution in [1.29, 1.82) is 0 Å². The third-order valence-corrected chi connectivity index (χ3v) is 5.38. The lowest BCUT2D eigenvalue weighted by molar-refractivity contribution is -0.384. The van der Waals surface area contributed by atoms with Gasteiger partial charge in [-0.3, -0.25) is 24.6 Å². The number of carbonyl (C=O) groups is 2. The van der Waals surface area contributed by atoms with E-state index in [0.29, 0.717) is 44.0 Å². The molecule has 160 valence electrons. The number of carbonyl (C=O) groups excluding carboxylic acids is 2. The van der Waals surface area contributed by atoms with Crippen LogP contribution in [0, 0.1) is 15.9 Å². The van der Waals surface area contributed by atoms with Crippen LogP contribution in [0.5, 0.6) is 0 Å². The van der Waals surface area contributed by atoms with Crippen LogP contribution in [0.2, 0.25) is 0 Å². The second-order valence-electron chi connectivity index (χ2n) is 7.27. The molecule has 4 rings (SSSR count). The van der Waals surface area contributed by atoms with E-state index >= 15 is 0 Å². The molecular formula is C22H20FN3O5. The van der Waals surface area contributed by atoms with Gasteiger partial charge in [-0.15, -0.1) is 0 Å². The zero-order chi connectivity index (χ0) is 22.0. The molecule has 0 bridgehead atoms. The van der Waals surface area contributed by atoms with Crippen LogP contribution < -0.4 is 0 Å². The minimum absolute atomic E-state index is 0.0952. The van der Waals surface area contributed by atoms with Crippen LogP contribution in [0.15, 0.2) is 54.2 Å². The monoisotopic (exact) mass is 425 g/mol. The van der Waals surface area contributed by atoms with E-state index in [2.05, 4.69) is 0 Å². The number of morpholine rings is 1. The van der Waals surface area contributed by atoms with E-state index in [1.807, 2.05) is 4.90 Å². The Morgan fingerprint density at radius 2 is 1.61 bits per heavy atom. The molecule has 0 aliphatic carbocycles. The number of benzene rings is 2. The first-order valence-corrected chi connectivity index (χ1v) is 9.88. The summed E-state index contributed by atoms with van der Waals surface area (Å²) in [6.07, 6.45) is 0.391. The summed E-state index contributed by atoms with van der Waals surface area (Å²) in [6.45, 7) is 1.96. The van der Waals surface area contributed by atoms with E-state index in [0.717, 1.165) is 5.56 Å². The Hall–Kier alpha value is -3.59. The normalized spacial score (nSPS) is 16.9. The van der Waals surface area contributed by atoms with Crippen molar-refractivity contribution in [2.75, 3.05) is 32.8 Å². The molecule has 2 amide bonds. The lowest BCUT2D eigenvalue weighted by atomic mass is 10.0. The zero-order valence-corrected chi connectivity index (χ0v) is 16.6. The molecule has 2 aliphatic heterocycles. The van der Waals surface area contributed by atoms with Crippen molar-refractivity contribution in [1.82, 2.24) is 9.80 Å². The standard InChI is InChI=1S/C22H20FN3O5/c23-17-5-1-15(2-6-17)9-10-25-21(27)19(16-3-7-18(8-4-16)26(29)30)20(22(25)28)24-11-13-31-14-12-24/h1-8H,9-14H2. The Bertz CT molecular complexity index is 1040. The summed E-state index contributed by atoms with van der Waals surface area (Å²) >= 11 is 0. The number of nitro benzene ring substituents is 1. The van der Waals surface area contributed by atoms with E-state index in [9.17, 15) is 24.1 Å². The second kappa shape index (κ2) is 8.65. The maximum atomic E-state index is 13.3. The van der Waals surface area contributed by atoms with E-state index in [1.54, 1.807) is 12.1 Å². The van der Waals surface area contributed by atoms with Gasteiger partial charge in [-0.05, 0) is 41.8 Å². The quantitative estimate of drug-likeness (QED) is 0.401. The lowest BCUT2D eigenvalue weighted by Crippen LogP contribution is -2.40. The van der Waals surface area contributed by atoms with Crippen molar-refractivity contribution in [2.24, 2.45) is 0 Å². The van der Waals surface area contributed by atoms with Crippen molar-refractivity contribution >= 4 is 23.1 Å². The number of rotatable bonds is 6. The fourth-order valence-corrected chi connectivity index (χ4v) is 3.75. The number of hydrogen-bond donors (Lipinski definition) is 0. The fraction of sp³-hybridized carbons (Fsp3) is 0.273. The van der Waals surface area contributed by atoms with Crippen molar-refractivity contribution < 1.29 is 23.6 Å². The third-order valence-electron chi connectivity index (χ3n) is 5.38. The summed E-state index contributed by atoms with van der Waals surface area (Å²) in [5, 5.41) is 11.0. The second-order valence-corrected chi connectivity index (χ2v) is 7.27. The van der Waals surface area contributed by atoms with Gasteiger partial charge in [0.1, 0.15) is 11.5 Å². The molecule has 9 heteroatoms. The molecule has 0 aromatic heterocycles. The average molecular weight is 425 g/mol. The van der Waals surface area contributed by atoms with Gasteiger partial charge in [-0.1, -0.05) is 12.1 Å². The molecular weight excluding hydrogens is 405 g/mol. The summed E-state index contributed by atoms with van der Waals surface area (Å²) in [5.41, 5.74) is 1.69. The fourth-order valence-electron chi connectivity index (χ4n) is 3.75. The Kier molecular flexibility index (Phi) is 5.77. The zero-order valence-electron chi connectivity index (χ0n) is 16.6. The van der Waals surface area contributed by atoms with E-state index in [1.165, 1.54) is 41.3 Å². The van der Waals surface area contributed by atoms with E-state index < -0.39 is 16.7 Å². The molecule has 0 unspecified atom stereocenters. The highest BCUT2D eigenvalue weighted by Gasteiger charge is 2.41. The largest absolute Gasteiger partial charge is 0.378 e. The van der Waals surface area contributed by atoms with Crippen LogP contribution in [0.1, 0.15) is 11.1 Å². The topological polar surface area (TPSA) is 93.0 Å². The molecule has 0 saturated carbocycles. The van der Waals surface area contributed by atoms with Crippen LogP contribution >= 0.6 is 0 Å². The van der Waals surface area contributed by atoms with Gasteiger partial charge in [-0.25, -0.2) is 4.39 Å². The summed E-state index contributed by atoms with van der Waals surface area (Å²) in [4.78, 5) is 40.0. The smallest absolute Gasteiger partial charge is 0.277 e. The first-order chi connectivity index (χ1) is 15.0. The van der Waals surface area contributed by atoms with Crippen molar-refractivity contribution in [2.45, 2.75) is 6.42 Å². The minimum Gasteiger partial charge on any atom is -0.378 e. The average Bonchev–Trinajstić information content (AvgIpc) is 3.03. The molecule has 0 N–H and O–H groups in total. The van der Waals surface area contributed by atoms with Gasteiger partial charge in [0.25, 0.3) is 17.5 Å². The predicted octanol–water partition coefficient (Wildman–Crippen LogP) is 2.39. The molecule has 1 fully saturated rings. The highest BCUT2D eigenvalue weighted by molar-refractivity contribution is 6.35. The number of hydrogen-bond acceptors (Lipinski definition) is 6. The number of halogens is 1. The van der Waals surface area contributed by atoms with Gasteiger partial charge in [-0.2, -0.15) is 0 Å². The maximum absolute atomic E-state index is 13.3. The van der Waals surface area contributed by atoms with Crippen molar-refractivity contribution in [3.63, 3.8) is 0 Å². The van der Waals surface area contributed by atoms with Gasteiger partial charge in [0.2, 0.25) is 0 Å². The maximum Gasteiger partial charge on any atom is 0.277 e. The summed E-state index contributed by atoms with van der Waals surface area (Å²) in [5.74, 6) is -1.20. The van der Waals surface area contributed by atoms with Crippen LogP contribution in [-0.2, 0) is 20.7 Å². The van der Waals surface area contributed by atoms with Crippen molar-refractivity contribution in [3.8, 4) is 0 Å². The molecule has 0 radical (unpaired) electrons. The number of amides is 2. The molecule has 0 atom stereocenters. The Morgan fingerprint density at radius 1 is 0.968 bits per heavy atom. The molecule has 8 nitrogen and oxygen atoms in total. The number of non-ortho nitro benzene ring substituents is 1. The van der Waals surface area contributed by atoms with Crippen molar-refractivity contribution in [3.05, 3.63) is 81.3 Å². The summed E-state index contributed by atoms with van der Waals surface area (Å²) < 4.78 is 18.5. The molecule has 31 heavy (non-hydrogen) atoms. The highest BCUT2D eigenvalue weighted by Crippen LogP contribution is 2.33. The first kappa shape index (κ1) is 20.7. The van der Waals surface area contributed by atoms with E-state index in [-0.39, 0.29) is 23.6 Å². The lowest BCUT2D eigenvalue weighted by Gasteiger charge is -2.29. The third kappa shape index (κ3) is 4.17. The van der Waals surface area contributed by atoms with Gasteiger partial charge in [0.05, 0.1) is 23.7 Å². The minimum atomic E-state index is -0.516. The number of ether oxygens (including phenoxy) is 1. The van der Waals surface area contributed by atoms with Gasteiger partial charge in [0, 0.05) is 31.8 Å². The Labute approximate surface area is 177 Å². The number of nitro groups is 1.